The Morgan fingerprint density at radius 3 is 2.39 bits per heavy atom. The van der Waals surface area contributed by atoms with Crippen LogP contribution < -0.4 is 0 Å². The molecular formula is C15H14N2O. The molecule has 0 aliphatic heterocycles. The van der Waals surface area contributed by atoms with Crippen molar-refractivity contribution in [2.75, 3.05) is 0 Å². The van der Waals surface area contributed by atoms with Crippen molar-refractivity contribution in [2.45, 2.75) is 6.92 Å². The van der Waals surface area contributed by atoms with Crippen LogP contribution in [0.5, 0.6) is 0 Å². The first kappa shape index (κ1) is 12.0. The van der Waals surface area contributed by atoms with Crippen LogP contribution in [-0.4, -0.2) is 15.9 Å². The molecule has 0 amide bonds. The molecule has 0 bridgehead atoms. The molecule has 1 N–H and O–H groups in total. The maximum atomic E-state index is 9.16. The third-order valence-corrected chi connectivity index (χ3v) is 2.61. The Hall–Kier alpha value is -2.42. The van der Waals surface area contributed by atoms with Gasteiger partial charge in [-0.3, -0.25) is 4.98 Å². The fraction of sp³-hybridized carbons (Fsp3) is 0.0667. The summed E-state index contributed by atoms with van der Waals surface area (Å²) < 4.78 is 0. The van der Waals surface area contributed by atoms with Crippen molar-refractivity contribution in [3.05, 3.63) is 71.6 Å². The molecule has 0 saturated carbocycles. The lowest BCUT2D eigenvalue weighted by Gasteiger charge is -2.05. The number of rotatable bonds is 3. The van der Waals surface area contributed by atoms with Crippen molar-refractivity contribution in [1.29, 1.82) is 0 Å². The summed E-state index contributed by atoms with van der Waals surface area (Å²) >= 11 is 0. The molecule has 0 fully saturated rings. The van der Waals surface area contributed by atoms with E-state index in [9.17, 15) is 0 Å². The number of hydrogen-bond donors (Lipinski definition) is 1. The summed E-state index contributed by atoms with van der Waals surface area (Å²) in [6, 6.07) is 13.4. The third kappa shape index (κ3) is 2.83. The highest BCUT2D eigenvalue weighted by atomic mass is 16.4. The van der Waals surface area contributed by atoms with Gasteiger partial charge in [0, 0.05) is 18.0 Å². The van der Waals surface area contributed by atoms with Crippen LogP contribution in [0.1, 0.15) is 18.1 Å². The van der Waals surface area contributed by atoms with Gasteiger partial charge in [-0.05, 0) is 36.3 Å². The largest absolute Gasteiger partial charge is 0.410 e. The second-order valence-corrected chi connectivity index (χ2v) is 3.92. The molecule has 0 aliphatic rings. The summed E-state index contributed by atoms with van der Waals surface area (Å²) in [4.78, 5) is 3.97. The van der Waals surface area contributed by atoms with Crippen molar-refractivity contribution in [3.63, 3.8) is 0 Å². The second-order valence-electron chi connectivity index (χ2n) is 3.92. The fourth-order valence-corrected chi connectivity index (χ4v) is 1.74. The zero-order chi connectivity index (χ0) is 12.8. The van der Waals surface area contributed by atoms with E-state index in [4.69, 9.17) is 5.21 Å². The molecule has 0 radical (unpaired) electrons. The Bertz CT molecular complexity index is 560. The lowest BCUT2D eigenvalue weighted by molar-refractivity contribution is 0.319. The lowest BCUT2D eigenvalue weighted by atomic mass is 10.0. The Balaban J connectivity index is 2.33. The average molecular weight is 238 g/mol. The van der Waals surface area contributed by atoms with Gasteiger partial charge in [-0.25, -0.2) is 0 Å². The molecule has 0 spiro atoms. The number of hydrogen-bond acceptors (Lipinski definition) is 3. The van der Waals surface area contributed by atoms with Crippen molar-refractivity contribution in [2.24, 2.45) is 5.16 Å². The first-order valence-corrected chi connectivity index (χ1v) is 5.67. The van der Waals surface area contributed by atoms with Crippen LogP contribution >= 0.6 is 0 Å². The van der Waals surface area contributed by atoms with Gasteiger partial charge in [-0.15, -0.1) is 0 Å². The molecule has 2 rings (SSSR count). The molecule has 2 aromatic rings. The number of benzene rings is 1. The standard InChI is InChI=1S/C15H14N2O/c1-12(11-13-7-9-16-10-8-13)15(17-18)14-5-3-2-4-6-14/h2-11,18H,1H3/b12-11-,17-15-. The monoisotopic (exact) mass is 238 g/mol. The zero-order valence-corrected chi connectivity index (χ0v) is 10.1. The van der Waals surface area contributed by atoms with Crippen molar-refractivity contribution < 1.29 is 5.21 Å². The van der Waals surface area contributed by atoms with Gasteiger partial charge in [0.15, 0.2) is 0 Å². The van der Waals surface area contributed by atoms with Crippen LogP contribution in [0.3, 0.4) is 0 Å². The molecule has 3 heteroatoms. The topological polar surface area (TPSA) is 45.5 Å². The van der Waals surface area contributed by atoms with Gasteiger partial charge in [0.25, 0.3) is 0 Å². The van der Waals surface area contributed by atoms with Crippen LogP contribution in [0.4, 0.5) is 0 Å². The van der Waals surface area contributed by atoms with E-state index >= 15 is 0 Å². The minimum atomic E-state index is 0.576. The normalized spacial score (nSPS) is 12.5. The van der Waals surface area contributed by atoms with E-state index in [2.05, 4.69) is 10.1 Å². The van der Waals surface area contributed by atoms with Gasteiger partial charge in [0.05, 0.1) is 0 Å². The Morgan fingerprint density at radius 1 is 1.11 bits per heavy atom. The van der Waals surface area contributed by atoms with Crippen LogP contribution in [0.25, 0.3) is 6.08 Å². The van der Waals surface area contributed by atoms with Gasteiger partial charge in [0.1, 0.15) is 5.71 Å². The smallest absolute Gasteiger partial charge is 0.112 e. The number of nitrogens with zero attached hydrogens (tertiary/aromatic N) is 2. The number of aromatic nitrogens is 1. The molecule has 90 valence electrons. The van der Waals surface area contributed by atoms with Gasteiger partial charge in [-0.2, -0.15) is 0 Å². The van der Waals surface area contributed by atoms with Crippen molar-refractivity contribution >= 4 is 11.8 Å². The van der Waals surface area contributed by atoms with Crippen molar-refractivity contribution in [1.82, 2.24) is 4.98 Å². The molecule has 0 saturated heterocycles. The molecule has 0 aliphatic carbocycles. The Kier molecular flexibility index (Phi) is 3.86. The van der Waals surface area contributed by atoms with Gasteiger partial charge in [-0.1, -0.05) is 35.5 Å². The van der Waals surface area contributed by atoms with Crippen LogP contribution in [0, 0.1) is 0 Å². The Morgan fingerprint density at radius 2 is 1.78 bits per heavy atom. The molecule has 3 nitrogen and oxygen atoms in total. The van der Waals surface area contributed by atoms with E-state index < -0.39 is 0 Å². The van der Waals surface area contributed by atoms with Crippen LogP contribution in [-0.2, 0) is 0 Å². The lowest BCUT2D eigenvalue weighted by Crippen LogP contribution is -2.02. The summed E-state index contributed by atoms with van der Waals surface area (Å²) in [6.07, 6.45) is 5.43. The van der Waals surface area contributed by atoms with E-state index in [1.165, 1.54) is 0 Å². The molecule has 0 atom stereocenters. The maximum absolute atomic E-state index is 9.16. The summed E-state index contributed by atoms with van der Waals surface area (Å²) in [5.74, 6) is 0. The number of oxime groups is 1. The maximum Gasteiger partial charge on any atom is 0.112 e. The van der Waals surface area contributed by atoms with E-state index in [-0.39, 0.29) is 0 Å². The van der Waals surface area contributed by atoms with Crippen molar-refractivity contribution in [3.8, 4) is 0 Å². The fourth-order valence-electron chi connectivity index (χ4n) is 1.74. The van der Waals surface area contributed by atoms with Gasteiger partial charge < -0.3 is 5.21 Å². The number of allylic oxidation sites excluding steroid dienone is 1. The molecule has 1 heterocycles. The van der Waals surface area contributed by atoms with E-state index in [1.807, 2.05) is 55.5 Å². The summed E-state index contributed by atoms with van der Waals surface area (Å²) in [7, 11) is 0. The quantitative estimate of drug-likeness (QED) is 0.506. The Labute approximate surface area is 106 Å². The predicted molar refractivity (Wildman–Crippen MR) is 72.7 cm³/mol. The first-order valence-electron chi connectivity index (χ1n) is 5.67. The molecule has 18 heavy (non-hydrogen) atoms. The third-order valence-electron chi connectivity index (χ3n) is 2.61. The molecule has 0 unspecified atom stereocenters. The van der Waals surface area contributed by atoms with Crippen LogP contribution in [0.15, 0.2) is 65.6 Å². The highest BCUT2D eigenvalue weighted by Crippen LogP contribution is 2.12. The van der Waals surface area contributed by atoms with E-state index in [1.54, 1.807) is 12.4 Å². The minimum Gasteiger partial charge on any atom is -0.410 e. The van der Waals surface area contributed by atoms with E-state index in [0.717, 1.165) is 16.7 Å². The highest BCUT2D eigenvalue weighted by molar-refractivity contribution is 6.14. The van der Waals surface area contributed by atoms with Gasteiger partial charge in [0.2, 0.25) is 0 Å². The zero-order valence-electron chi connectivity index (χ0n) is 10.1. The van der Waals surface area contributed by atoms with Gasteiger partial charge >= 0.3 is 0 Å². The summed E-state index contributed by atoms with van der Waals surface area (Å²) in [6.45, 7) is 1.92. The SMILES string of the molecule is CC(=C/c1ccncc1)/C(=N/O)c1ccccc1. The molecule has 1 aromatic heterocycles. The summed E-state index contributed by atoms with van der Waals surface area (Å²) in [5.41, 5.74) is 3.39. The highest BCUT2D eigenvalue weighted by Gasteiger charge is 2.05. The molecular weight excluding hydrogens is 224 g/mol. The summed E-state index contributed by atoms with van der Waals surface area (Å²) in [5, 5.41) is 12.5. The van der Waals surface area contributed by atoms with E-state index in [0.29, 0.717) is 5.71 Å². The van der Waals surface area contributed by atoms with Crippen LogP contribution in [0.2, 0.25) is 0 Å². The minimum absolute atomic E-state index is 0.576. The number of pyridine rings is 1. The molecule has 1 aromatic carbocycles. The average Bonchev–Trinajstić information content (AvgIpc) is 2.42. The first-order chi connectivity index (χ1) is 8.81. The second kappa shape index (κ2) is 5.77. The predicted octanol–water partition coefficient (Wildman–Crippen LogP) is 3.36.